The van der Waals surface area contributed by atoms with Crippen molar-refractivity contribution in [3.05, 3.63) is 58.6 Å². The number of benzene rings is 2. The zero-order valence-corrected chi connectivity index (χ0v) is 23.2. The third kappa shape index (κ3) is 7.57. The minimum atomic E-state index is -3.80. The number of carboxylic acid groups (broad SMARTS) is 1. The van der Waals surface area contributed by atoms with Crippen molar-refractivity contribution in [2.45, 2.75) is 48.9 Å². The van der Waals surface area contributed by atoms with Gasteiger partial charge in [0.1, 0.15) is 17.7 Å². The predicted molar refractivity (Wildman–Crippen MR) is 146 cm³/mol. The summed E-state index contributed by atoms with van der Waals surface area (Å²) in [4.78, 5) is 16.1. The largest absolute Gasteiger partial charge is 0.481 e. The van der Waals surface area contributed by atoms with Crippen LogP contribution in [0.15, 0.2) is 57.9 Å². The molecule has 0 spiro atoms. The number of sulfone groups is 1. The normalized spacial score (nSPS) is 21.1. The number of hydrogen-bond donors (Lipinski definition) is 1. The first-order valence-electron chi connectivity index (χ1n) is 12.7. The number of aliphatic carboxylic acids is 1. The van der Waals surface area contributed by atoms with Crippen LogP contribution in [0.2, 0.25) is 0 Å². The molecule has 4 rings (SSSR count). The van der Waals surface area contributed by atoms with Crippen molar-refractivity contribution in [3.8, 4) is 17.6 Å². The Labute approximate surface area is 227 Å². The van der Waals surface area contributed by atoms with Gasteiger partial charge in [-0.3, -0.25) is 14.6 Å². The summed E-state index contributed by atoms with van der Waals surface area (Å²) in [5.74, 6) is 5.08. The van der Waals surface area contributed by atoms with Crippen LogP contribution in [0, 0.1) is 17.8 Å². The Morgan fingerprint density at radius 3 is 2.38 bits per heavy atom. The maximum Gasteiger partial charge on any atom is 0.306 e. The van der Waals surface area contributed by atoms with E-state index in [1.54, 1.807) is 12.1 Å². The number of piperidine rings is 2. The fraction of sp³-hybridized carbons (Fsp3) is 0.464. The predicted octanol–water partition coefficient (Wildman–Crippen LogP) is 4.41. The van der Waals surface area contributed by atoms with E-state index in [1.807, 2.05) is 29.2 Å². The van der Waals surface area contributed by atoms with Crippen LogP contribution in [0.3, 0.4) is 0 Å². The van der Waals surface area contributed by atoms with E-state index in [9.17, 15) is 18.3 Å². The lowest BCUT2D eigenvalue weighted by Gasteiger charge is -2.37. The maximum absolute atomic E-state index is 13.7. The number of nitrogens with zero attached hydrogens (tertiary/aromatic N) is 2. The zero-order valence-electron chi connectivity index (χ0n) is 20.8. The van der Waals surface area contributed by atoms with Gasteiger partial charge < -0.3 is 9.84 Å². The van der Waals surface area contributed by atoms with Gasteiger partial charge in [0.25, 0.3) is 0 Å². The molecule has 1 N–H and O–H groups in total. The highest BCUT2D eigenvalue weighted by Gasteiger charge is 2.40. The zero-order chi connectivity index (χ0) is 26.3. The molecule has 7 nitrogen and oxygen atoms in total. The molecule has 2 atom stereocenters. The Morgan fingerprint density at radius 1 is 1.00 bits per heavy atom. The fourth-order valence-electron chi connectivity index (χ4n) is 4.87. The minimum Gasteiger partial charge on any atom is -0.481 e. The molecule has 0 aromatic heterocycles. The second-order valence-corrected chi connectivity index (χ2v) is 12.6. The summed E-state index contributed by atoms with van der Waals surface area (Å²) in [7, 11) is -3.80. The molecule has 198 valence electrons. The third-order valence-electron chi connectivity index (χ3n) is 7.00. The van der Waals surface area contributed by atoms with E-state index >= 15 is 0 Å². The van der Waals surface area contributed by atoms with E-state index in [0.717, 1.165) is 29.7 Å². The SMILES string of the molecule is O=C(O)C1CCN(Cc2ccc(Br)cc2)C(S(=O)(=O)c2ccc(OCC#CCN3CCCCC3)cc2)C1. The first-order chi connectivity index (χ1) is 17.8. The van der Waals surface area contributed by atoms with Gasteiger partial charge in [-0.05, 0) is 80.7 Å². The van der Waals surface area contributed by atoms with E-state index in [1.165, 1.54) is 31.4 Å². The smallest absolute Gasteiger partial charge is 0.306 e. The van der Waals surface area contributed by atoms with Crippen LogP contribution in [0.5, 0.6) is 5.75 Å². The molecule has 2 saturated heterocycles. The van der Waals surface area contributed by atoms with Gasteiger partial charge in [0.2, 0.25) is 0 Å². The summed E-state index contributed by atoms with van der Waals surface area (Å²) in [5.41, 5.74) is 0.974. The van der Waals surface area contributed by atoms with Crippen LogP contribution in [-0.2, 0) is 21.2 Å². The van der Waals surface area contributed by atoms with Crippen LogP contribution >= 0.6 is 15.9 Å². The van der Waals surface area contributed by atoms with Crippen molar-refractivity contribution in [2.24, 2.45) is 5.92 Å². The van der Waals surface area contributed by atoms with Crippen LogP contribution in [-0.4, -0.2) is 67.5 Å². The number of hydrogen-bond acceptors (Lipinski definition) is 6. The lowest BCUT2D eigenvalue weighted by molar-refractivity contribution is -0.143. The van der Waals surface area contributed by atoms with Gasteiger partial charge >= 0.3 is 5.97 Å². The molecule has 2 unspecified atom stereocenters. The van der Waals surface area contributed by atoms with Crippen molar-refractivity contribution < 1.29 is 23.1 Å². The van der Waals surface area contributed by atoms with Gasteiger partial charge in [-0.2, -0.15) is 0 Å². The fourth-order valence-corrected chi connectivity index (χ4v) is 7.02. The summed E-state index contributed by atoms with van der Waals surface area (Å²) in [6.45, 7) is 4.01. The molecule has 0 amide bonds. The highest BCUT2D eigenvalue weighted by atomic mass is 79.9. The Morgan fingerprint density at radius 2 is 1.70 bits per heavy atom. The molecule has 2 aliphatic rings. The molecule has 2 aromatic carbocycles. The molecule has 9 heteroatoms. The molecule has 2 aromatic rings. The average Bonchev–Trinajstić information content (AvgIpc) is 2.90. The van der Waals surface area contributed by atoms with E-state index < -0.39 is 27.1 Å². The number of rotatable bonds is 8. The summed E-state index contributed by atoms with van der Waals surface area (Å²) >= 11 is 3.42. The van der Waals surface area contributed by atoms with E-state index in [-0.39, 0.29) is 17.9 Å². The van der Waals surface area contributed by atoms with Crippen LogP contribution < -0.4 is 4.74 Å². The van der Waals surface area contributed by atoms with Crippen molar-refractivity contribution in [1.82, 2.24) is 9.80 Å². The van der Waals surface area contributed by atoms with Crippen LogP contribution in [0.25, 0.3) is 0 Å². The number of likely N-dealkylation sites (tertiary alicyclic amines) is 2. The monoisotopic (exact) mass is 588 g/mol. The molecule has 2 aliphatic heterocycles. The molecule has 0 aliphatic carbocycles. The van der Waals surface area contributed by atoms with E-state index in [2.05, 4.69) is 32.7 Å². The molecular formula is C28H33BrN2O5S. The maximum atomic E-state index is 13.7. The number of carbonyl (C=O) groups is 1. The van der Waals surface area contributed by atoms with Gasteiger partial charge in [-0.25, -0.2) is 8.42 Å². The molecule has 2 heterocycles. The highest BCUT2D eigenvalue weighted by Crippen LogP contribution is 2.32. The van der Waals surface area contributed by atoms with Gasteiger partial charge in [0, 0.05) is 17.6 Å². The summed E-state index contributed by atoms with van der Waals surface area (Å²) < 4.78 is 34.0. The van der Waals surface area contributed by atoms with E-state index in [0.29, 0.717) is 25.3 Å². The van der Waals surface area contributed by atoms with Crippen LogP contribution in [0.1, 0.15) is 37.7 Å². The second kappa shape index (κ2) is 12.9. The highest BCUT2D eigenvalue weighted by molar-refractivity contribution is 9.10. The van der Waals surface area contributed by atoms with Crippen molar-refractivity contribution in [1.29, 1.82) is 0 Å². The number of ether oxygens (including phenoxy) is 1. The first-order valence-corrected chi connectivity index (χ1v) is 15.0. The Kier molecular flexibility index (Phi) is 9.65. The standard InChI is InChI=1S/C28H33BrN2O5S/c29-24-8-6-22(7-9-24)21-31-18-14-23(28(32)33)20-27(31)37(34,35)26-12-10-25(11-13-26)36-19-5-4-17-30-15-2-1-3-16-30/h6-13,23,27H,1-3,14-21H2,(H,32,33). The van der Waals surface area contributed by atoms with Gasteiger partial charge in [-0.15, -0.1) is 0 Å². The van der Waals surface area contributed by atoms with Crippen molar-refractivity contribution in [2.75, 3.05) is 32.8 Å². The minimum absolute atomic E-state index is 0.0546. The molecular weight excluding hydrogens is 556 g/mol. The molecule has 0 bridgehead atoms. The second-order valence-electron chi connectivity index (χ2n) is 9.61. The quantitative estimate of drug-likeness (QED) is 0.457. The molecule has 37 heavy (non-hydrogen) atoms. The third-order valence-corrected chi connectivity index (χ3v) is 9.67. The van der Waals surface area contributed by atoms with Gasteiger partial charge in [0.05, 0.1) is 17.4 Å². The lowest BCUT2D eigenvalue weighted by Crippen LogP contribution is -2.47. The lowest BCUT2D eigenvalue weighted by atomic mass is 9.96. The van der Waals surface area contributed by atoms with Crippen molar-refractivity contribution in [3.63, 3.8) is 0 Å². The summed E-state index contributed by atoms with van der Waals surface area (Å²) in [6.07, 6.45) is 4.23. The van der Waals surface area contributed by atoms with E-state index in [4.69, 9.17) is 4.74 Å². The Balaban J connectivity index is 1.41. The number of carboxylic acids is 1. The Bertz CT molecular complexity index is 1220. The Hall–Kier alpha value is -2.38. The van der Waals surface area contributed by atoms with Gasteiger partial charge in [-0.1, -0.05) is 46.3 Å². The molecule has 0 radical (unpaired) electrons. The summed E-state index contributed by atoms with van der Waals surface area (Å²) in [6, 6.07) is 14.1. The molecule has 0 saturated carbocycles. The molecule has 2 fully saturated rings. The van der Waals surface area contributed by atoms with Crippen molar-refractivity contribution >= 4 is 31.7 Å². The van der Waals surface area contributed by atoms with Gasteiger partial charge in [0.15, 0.2) is 9.84 Å². The topological polar surface area (TPSA) is 87.2 Å². The summed E-state index contributed by atoms with van der Waals surface area (Å²) in [5, 5.41) is 8.66. The first kappa shape index (κ1) is 27.6. The average molecular weight is 590 g/mol. The van der Waals surface area contributed by atoms with Crippen LogP contribution in [0.4, 0.5) is 0 Å². The number of halogens is 1.